The van der Waals surface area contributed by atoms with E-state index in [1.165, 1.54) is 14.2 Å². The number of anilines is 1. The van der Waals surface area contributed by atoms with E-state index in [0.717, 1.165) is 16.6 Å². The molecule has 3 aromatic rings. The predicted molar refractivity (Wildman–Crippen MR) is 285 cm³/mol. The SMILES string of the molecule is CN[C@@H](CCC(=O)NC[C@H](O)[C@H](O)[C@H](O)[C@H](O)CO)[C@@H](O)N[C@@H](CC[C@@H](O)NC[C@@H](O)[C@H](O)[C@@H](O)[C@H](O)CO)[C@@H](O)NCCCCCCN1Cc2cc([C@@H](O)N(C)Cc3nc4ccccc4[nH]3)ccc2NC(CC(=O)OC)[C@H]1O. The summed E-state index contributed by atoms with van der Waals surface area (Å²) in [5.74, 6) is -0.418. The molecule has 0 aliphatic carbocycles. The number of benzene rings is 2. The van der Waals surface area contributed by atoms with Crippen molar-refractivity contribution in [1.82, 2.24) is 46.4 Å². The Morgan fingerprint density at radius 2 is 1.43 bits per heavy atom. The Labute approximate surface area is 459 Å². The zero-order chi connectivity index (χ0) is 58.3. The second-order valence-corrected chi connectivity index (χ2v) is 20.2. The van der Waals surface area contributed by atoms with Crippen LogP contribution in [0.15, 0.2) is 42.5 Å². The molecule has 1 amide bonds. The number of likely N-dealkylation sites (N-methyl/N-ethyl adjacent to an activating group) is 1. The molecule has 2 heterocycles. The number of unbranched alkanes of at least 4 members (excludes halogenated alkanes) is 3. The number of aliphatic hydroxyl groups excluding tert-OH is 15. The first kappa shape index (κ1) is 67.3. The van der Waals surface area contributed by atoms with Gasteiger partial charge < -0.3 is 102 Å². The average molecular weight is 1130 g/mol. The second kappa shape index (κ2) is 34.3. The van der Waals surface area contributed by atoms with Crippen molar-refractivity contribution in [3.05, 3.63) is 59.4 Å². The summed E-state index contributed by atoms with van der Waals surface area (Å²) < 4.78 is 4.94. The number of aromatic amines is 1. The molecule has 4 rings (SSSR count). The maximum Gasteiger partial charge on any atom is 0.307 e. The van der Waals surface area contributed by atoms with Crippen LogP contribution in [0.25, 0.3) is 11.0 Å². The topological polar surface area (TPSA) is 454 Å². The van der Waals surface area contributed by atoms with E-state index in [0.29, 0.717) is 68.9 Å². The minimum Gasteiger partial charge on any atom is -0.469 e. The van der Waals surface area contributed by atoms with Gasteiger partial charge in [0.25, 0.3) is 0 Å². The minimum atomic E-state index is -1.89. The molecule has 28 nitrogen and oxygen atoms in total. The number of fused-ring (bicyclic) bond motifs is 2. The molecule has 1 aliphatic heterocycles. The highest BCUT2D eigenvalue weighted by atomic mass is 16.5. The monoisotopic (exact) mass is 1130 g/mol. The van der Waals surface area contributed by atoms with Gasteiger partial charge in [-0.25, -0.2) is 4.98 Å². The van der Waals surface area contributed by atoms with Crippen molar-refractivity contribution in [2.45, 2.75) is 169 Å². The first-order valence-electron chi connectivity index (χ1n) is 26.7. The third kappa shape index (κ3) is 21.3. The van der Waals surface area contributed by atoms with Crippen LogP contribution in [0.5, 0.6) is 0 Å². The number of aromatic nitrogens is 2. The normalized spacial score (nSPS) is 20.5. The highest BCUT2D eigenvalue weighted by molar-refractivity contribution is 5.76. The standard InChI is InChI=1S/C51H88N10O18/c1-52-33(14-16-41(68)54-22-36(64)44(71)46(73)38(66)26-62)49(76)59-34(15-17-42(69)55-23-37(65)45(72)47(74)39(67)27-63)48(75)53-18-8-4-5-9-19-61-24-29-20-28(12-13-30(29)56-35(51(61)78)21-43(70)79-3)50(77)60(2)25-40-57-31-10-6-7-11-32(31)58-40/h6-7,10-13,20,33-39,42,44-53,55-56,59,62-67,69,71-78H,4-5,8-9,14-19,21-27H2,1-3H3,(H,54,68)(H,57,58)/t33-,34-,35?,36-,37+,38+,39+,42+,44-,45-,46+,47-,48+,49+,50+,51+/m0/s1. The lowest BCUT2D eigenvalue weighted by Gasteiger charge is -2.32. The van der Waals surface area contributed by atoms with E-state index >= 15 is 0 Å². The Bertz CT molecular complexity index is 2190. The van der Waals surface area contributed by atoms with Gasteiger partial charge in [-0.1, -0.05) is 31.0 Å². The largest absolute Gasteiger partial charge is 0.469 e. The number of para-hydroxylation sites is 2. The number of carbonyl (C=O) groups is 2. The number of esters is 1. The number of imidazole rings is 1. The molecule has 0 bridgehead atoms. The summed E-state index contributed by atoms with van der Waals surface area (Å²) in [5, 5.41) is 172. The smallest absolute Gasteiger partial charge is 0.307 e. The predicted octanol–water partition coefficient (Wildman–Crippen LogP) is -6.05. The van der Waals surface area contributed by atoms with Gasteiger partial charge in [0.1, 0.15) is 73.6 Å². The van der Waals surface area contributed by atoms with E-state index in [-0.39, 0.29) is 32.1 Å². The third-order valence-corrected chi connectivity index (χ3v) is 14.1. The summed E-state index contributed by atoms with van der Waals surface area (Å²) in [6, 6.07) is 10.7. The van der Waals surface area contributed by atoms with Crippen molar-refractivity contribution < 1.29 is 90.9 Å². The van der Waals surface area contributed by atoms with Crippen LogP contribution in [0, 0.1) is 0 Å². The molecular formula is C51H88N10O18. The molecule has 22 N–H and O–H groups in total. The number of hydrogen-bond donors (Lipinski definition) is 22. The van der Waals surface area contributed by atoms with Gasteiger partial charge >= 0.3 is 5.97 Å². The van der Waals surface area contributed by atoms with E-state index < -0.39 is 136 Å². The van der Waals surface area contributed by atoms with Crippen molar-refractivity contribution in [3.8, 4) is 0 Å². The third-order valence-electron chi connectivity index (χ3n) is 14.1. The minimum absolute atomic E-state index is 0.00878. The van der Waals surface area contributed by atoms with Gasteiger partial charge in [0.15, 0.2) is 0 Å². The maximum absolute atomic E-state index is 12.7. The van der Waals surface area contributed by atoms with E-state index in [9.17, 15) is 76.0 Å². The highest BCUT2D eigenvalue weighted by Crippen LogP contribution is 2.31. The Morgan fingerprint density at radius 3 is 2.08 bits per heavy atom. The molecule has 450 valence electrons. The molecule has 0 spiro atoms. The number of nitrogens with zero attached hydrogens (tertiary/aromatic N) is 3. The van der Waals surface area contributed by atoms with Crippen molar-refractivity contribution in [1.29, 1.82) is 0 Å². The van der Waals surface area contributed by atoms with E-state index in [1.807, 2.05) is 41.3 Å². The van der Waals surface area contributed by atoms with Gasteiger partial charge in [-0.15, -0.1) is 0 Å². The Balaban J connectivity index is 1.34. The molecule has 1 unspecified atom stereocenters. The number of ether oxygens (including phenoxy) is 1. The molecule has 0 saturated carbocycles. The van der Waals surface area contributed by atoms with Crippen LogP contribution >= 0.6 is 0 Å². The Hall–Kier alpha value is -4.19. The molecule has 0 radical (unpaired) electrons. The van der Waals surface area contributed by atoms with Crippen LogP contribution < -0.4 is 31.9 Å². The summed E-state index contributed by atoms with van der Waals surface area (Å²) in [4.78, 5) is 36.7. The van der Waals surface area contributed by atoms with Crippen LogP contribution in [-0.2, 0) is 27.4 Å². The van der Waals surface area contributed by atoms with Gasteiger partial charge in [0.2, 0.25) is 5.91 Å². The van der Waals surface area contributed by atoms with Crippen molar-refractivity contribution in [2.75, 3.05) is 65.9 Å². The van der Waals surface area contributed by atoms with Gasteiger partial charge in [0, 0.05) is 50.4 Å². The fourth-order valence-corrected chi connectivity index (χ4v) is 9.15. The molecular weight excluding hydrogens is 1040 g/mol. The summed E-state index contributed by atoms with van der Waals surface area (Å²) in [6.07, 6.45) is -18.3. The number of rotatable bonds is 38. The number of H-pyrrole nitrogens is 1. The number of aliphatic hydroxyl groups is 15. The van der Waals surface area contributed by atoms with Crippen LogP contribution in [0.4, 0.5) is 5.69 Å². The lowest BCUT2D eigenvalue weighted by molar-refractivity contribution is -0.142. The molecule has 79 heavy (non-hydrogen) atoms. The number of hydrogen-bond acceptors (Lipinski definition) is 26. The van der Waals surface area contributed by atoms with Crippen LogP contribution in [0.2, 0.25) is 0 Å². The van der Waals surface area contributed by atoms with Gasteiger partial charge in [-0.05, 0) is 88.1 Å². The zero-order valence-corrected chi connectivity index (χ0v) is 45.1. The summed E-state index contributed by atoms with van der Waals surface area (Å²) >= 11 is 0. The quantitative estimate of drug-likeness (QED) is 0.0144. The molecule has 1 aromatic heterocycles. The molecule has 2 aromatic carbocycles. The van der Waals surface area contributed by atoms with Gasteiger partial charge in [0.05, 0.1) is 62.6 Å². The van der Waals surface area contributed by atoms with E-state index in [2.05, 4.69) is 41.9 Å². The summed E-state index contributed by atoms with van der Waals surface area (Å²) in [6.45, 7) is -1.33. The van der Waals surface area contributed by atoms with Crippen molar-refractivity contribution in [2.24, 2.45) is 0 Å². The zero-order valence-electron chi connectivity index (χ0n) is 45.1. The second-order valence-electron chi connectivity index (χ2n) is 20.2. The summed E-state index contributed by atoms with van der Waals surface area (Å²) in [7, 11) is 4.59. The van der Waals surface area contributed by atoms with Crippen LogP contribution in [-0.4, -0.2) is 261 Å². The molecule has 0 saturated heterocycles. The van der Waals surface area contributed by atoms with Crippen molar-refractivity contribution >= 4 is 28.6 Å². The lowest BCUT2D eigenvalue weighted by atomic mass is 10.0. The number of amides is 1. The fourth-order valence-electron chi connectivity index (χ4n) is 9.15. The van der Waals surface area contributed by atoms with Gasteiger partial charge in [-0.2, -0.15) is 0 Å². The van der Waals surface area contributed by atoms with Crippen LogP contribution in [0.3, 0.4) is 0 Å². The molecule has 0 fully saturated rings. The van der Waals surface area contributed by atoms with Crippen LogP contribution in [0.1, 0.15) is 81.0 Å². The lowest BCUT2D eigenvalue weighted by Crippen LogP contribution is -2.57. The van der Waals surface area contributed by atoms with E-state index in [1.54, 1.807) is 18.0 Å². The first-order chi connectivity index (χ1) is 37.6. The van der Waals surface area contributed by atoms with E-state index in [4.69, 9.17) is 14.9 Å². The first-order valence-corrected chi connectivity index (χ1v) is 26.7. The molecule has 1 aliphatic rings. The number of carbonyl (C=O) groups excluding carboxylic acids is 2. The van der Waals surface area contributed by atoms with Gasteiger partial charge in [-0.3, -0.25) is 35.3 Å². The average Bonchev–Trinajstić information content (AvgIpc) is 3.88. The highest BCUT2D eigenvalue weighted by Gasteiger charge is 2.35. The molecule has 28 heteroatoms. The fraction of sp³-hybridized carbons (Fsp3) is 0.706. The number of nitrogens with one attached hydrogen (secondary N) is 7. The Morgan fingerprint density at radius 1 is 0.785 bits per heavy atom. The van der Waals surface area contributed by atoms with Crippen molar-refractivity contribution in [3.63, 3.8) is 0 Å². The Kier molecular flexibility index (Phi) is 29.2. The molecule has 16 atom stereocenters. The maximum atomic E-state index is 12.7. The summed E-state index contributed by atoms with van der Waals surface area (Å²) in [5.41, 5.74) is 3.83. The number of methoxy groups -OCH3 is 1.